The van der Waals surface area contributed by atoms with E-state index in [1.54, 1.807) is 17.8 Å². The lowest BCUT2D eigenvalue weighted by molar-refractivity contribution is 0.0691. The highest BCUT2D eigenvalue weighted by Gasteiger charge is 2.17. The van der Waals surface area contributed by atoms with Crippen LogP contribution in [0.15, 0.2) is 65.4 Å². The first kappa shape index (κ1) is 17.4. The Morgan fingerprint density at radius 2 is 2.00 bits per heavy atom. The van der Waals surface area contributed by atoms with Crippen LogP contribution in [-0.4, -0.2) is 35.8 Å². The third kappa shape index (κ3) is 3.74. The van der Waals surface area contributed by atoms with Crippen molar-refractivity contribution in [1.29, 1.82) is 0 Å². The van der Waals surface area contributed by atoms with Gasteiger partial charge in [-0.1, -0.05) is 30.0 Å². The first-order valence-electron chi connectivity index (χ1n) is 7.94. The van der Waals surface area contributed by atoms with Crippen LogP contribution in [-0.2, 0) is 5.75 Å². The Morgan fingerprint density at radius 1 is 1.15 bits per heavy atom. The van der Waals surface area contributed by atoms with Gasteiger partial charge in [-0.3, -0.25) is 9.55 Å². The average Bonchev–Trinajstić information content (AvgIpc) is 3.35. The lowest BCUT2D eigenvalue weighted by Crippen LogP contribution is -2.00. The standard InChI is InChI=1S/C18H13N5O2S2/c24-17(25)14-10-26-15(20-14)11-27-18-22-21-16(12-5-4-8-19-9-12)23(18)13-6-2-1-3-7-13/h1-10H,11H2,(H,24,25). The summed E-state index contributed by atoms with van der Waals surface area (Å²) in [5.74, 6) is 0.187. The molecule has 27 heavy (non-hydrogen) atoms. The molecule has 3 heterocycles. The van der Waals surface area contributed by atoms with Gasteiger partial charge in [-0.05, 0) is 24.3 Å². The maximum absolute atomic E-state index is 11.0. The lowest BCUT2D eigenvalue weighted by atomic mass is 10.2. The topological polar surface area (TPSA) is 93.8 Å². The second-order valence-electron chi connectivity index (χ2n) is 5.44. The summed E-state index contributed by atoms with van der Waals surface area (Å²) in [6.07, 6.45) is 3.46. The fraction of sp³-hybridized carbons (Fsp3) is 0.0556. The van der Waals surface area contributed by atoms with Crippen LogP contribution < -0.4 is 0 Å². The van der Waals surface area contributed by atoms with E-state index in [0.717, 1.165) is 16.3 Å². The lowest BCUT2D eigenvalue weighted by Gasteiger charge is -2.09. The van der Waals surface area contributed by atoms with Crippen LogP contribution in [0.25, 0.3) is 17.1 Å². The van der Waals surface area contributed by atoms with Crippen molar-refractivity contribution >= 4 is 29.1 Å². The second-order valence-corrected chi connectivity index (χ2v) is 7.32. The number of para-hydroxylation sites is 1. The molecule has 0 atom stereocenters. The molecule has 0 aliphatic rings. The van der Waals surface area contributed by atoms with E-state index < -0.39 is 5.97 Å². The molecular weight excluding hydrogens is 382 g/mol. The molecule has 4 aromatic rings. The summed E-state index contributed by atoms with van der Waals surface area (Å²) in [6.45, 7) is 0. The summed E-state index contributed by atoms with van der Waals surface area (Å²) in [4.78, 5) is 19.3. The van der Waals surface area contributed by atoms with Crippen molar-refractivity contribution in [2.75, 3.05) is 0 Å². The van der Waals surface area contributed by atoms with Crippen molar-refractivity contribution in [2.45, 2.75) is 10.9 Å². The highest BCUT2D eigenvalue weighted by Crippen LogP contribution is 2.30. The van der Waals surface area contributed by atoms with Gasteiger partial charge in [0.05, 0.1) is 5.75 Å². The molecule has 0 fully saturated rings. The van der Waals surface area contributed by atoms with Crippen molar-refractivity contribution in [2.24, 2.45) is 0 Å². The molecule has 1 N–H and O–H groups in total. The third-order valence-corrected chi connectivity index (χ3v) is 5.63. The van der Waals surface area contributed by atoms with Crippen molar-refractivity contribution in [1.82, 2.24) is 24.7 Å². The van der Waals surface area contributed by atoms with Gasteiger partial charge in [0, 0.05) is 29.0 Å². The molecule has 7 nitrogen and oxygen atoms in total. The Kier molecular flexibility index (Phi) is 4.95. The van der Waals surface area contributed by atoms with E-state index in [1.165, 1.54) is 23.1 Å². The van der Waals surface area contributed by atoms with E-state index in [9.17, 15) is 4.79 Å². The van der Waals surface area contributed by atoms with Crippen LogP contribution in [0.4, 0.5) is 0 Å². The average molecular weight is 395 g/mol. The van der Waals surface area contributed by atoms with Gasteiger partial charge < -0.3 is 5.11 Å². The molecule has 4 rings (SSSR count). The molecule has 0 saturated carbocycles. The molecule has 0 aliphatic carbocycles. The minimum Gasteiger partial charge on any atom is -0.476 e. The Hall–Kier alpha value is -3.04. The van der Waals surface area contributed by atoms with Gasteiger partial charge in [0.15, 0.2) is 16.7 Å². The second kappa shape index (κ2) is 7.68. The van der Waals surface area contributed by atoms with Crippen molar-refractivity contribution in [3.63, 3.8) is 0 Å². The van der Waals surface area contributed by atoms with Crippen molar-refractivity contribution in [3.05, 3.63) is 70.9 Å². The third-order valence-electron chi connectivity index (χ3n) is 3.66. The number of aromatic carboxylic acids is 1. The highest BCUT2D eigenvalue weighted by molar-refractivity contribution is 7.98. The fourth-order valence-electron chi connectivity index (χ4n) is 2.46. The number of carboxylic acid groups (broad SMARTS) is 1. The maximum Gasteiger partial charge on any atom is 0.355 e. The monoisotopic (exact) mass is 395 g/mol. The molecule has 0 saturated heterocycles. The molecule has 0 spiro atoms. The Morgan fingerprint density at radius 3 is 2.70 bits per heavy atom. The Bertz CT molecular complexity index is 1060. The number of pyridine rings is 1. The predicted octanol–water partition coefficient (Wildman–Crippen LogP) is 3.78. The minimum atomic E-state index is -1.02. The first-order valence-corrected chi connectivity index (χ1v) is 9.80. The smallest absolute Gasteiger partial charge is 0.355 e. The van der Waals surface area contributed by atoms with Gasteiger partial charge in [-0.2, -0.15) is 0 Å². The number of rotatable bonds is 6. The van der Waals surface area contributed by atoms with Gasteiger partial charge >= 0.3 is 5.97 Å². The van der Waals surface area contributed by atoms with Crippen LogP contribution in [0.1, 0.15) is 15.5 Å². The zero-order valence-corrected chi connectivity index (χ0v) is 15.5. The summed E-state index contributed by atoms with van der Waals surface area (Å²) < 4.78 is 1.97. The molecule has 9 heteroatoms. The Balaban J connectivity index is 1.68. The number of hydrogen-bond acceptors (Lipinski definition) is 7. The van der Waals surface area contributed by atoms with E-state index >= 15 is 0 Å². The molecule has 1 aromatic carbocycles. The minimum absolute atomic E-state index is 0.0659. The summed E-state index contributed by atoms with van der Waals surface area (Å²) >= 11 is 2.78. The molecule has 0 radical (unpaired) electrons. The van der Waals surface area contributed by atoms with E-state index in [-0.39, 0.29) is 5.69 Å². The molecular formula is C18H13N5O2S2. The number of thiazole rings is 1. The zero-order chi connectivity index (χ0) is 18.6. The van der Waals surface area contributed by atoms with E-state index in [0.29, 0.717) is 16.7 Å². The number of benzene rings is 1. The summed E-state index contributed by atoms with van der Waals surface area (Å²) in [7, 11) is 0. The van der Waals surface area contributed by atoms with E-state index in [4.69, 9.17) is 5.11 Å². The van der Waals surface area contributed by atoms with Crippen LogP contribution in [0, 0.1) is 0 Å². The van der Waals surface area contributed by atoms with Gasteiger partial charge in [0.2, 0.25) is 0 Å². The number of aromatic nitrogens is 5. The van der Waals surface area contributed by atoms with Crippen molar-refractivity contribution < 1.29 is 9.90 Å². The highest BCUT2D eigenvalue weighted by atomic mass is 32.2. The molecule has 0 aliphatic heterocycles. The number of hydrogen-bond donors (Lipinski definition) is 1. The molecule has 134 valence electrons. The molecule has 0 unspecified atom stereocenters. The van der Waals surface area contributed by atoms with E-state index in [2.05, 4.69) is 20.2 Å². The van der Waals surface area contributed by atoms with Crippen LogP contribution in [0.2, 0.25) is 0 Å². The van der Waals surface area contributed by atoms with Gasteiger partial charge in [-0.25, -0.2) is 9.78 Å². The van der Waals surface area contributed by atoms with Crippen LogP contribution in [0.3, 0.4) is 0 Å². The normalized spacial score (nSPS) is 10.8. The number of nitrogens with zero attached hydrogens (tertiary/aromatic N) is 5. The maximum atomic E-state index is 11.0. The predicted molar refractivity (Wildman–Crippen MR) is 103 cm³/mol. The number of carbonyl (C=O) groups is 1. The largest absolute Gasteiger partial charge is 0.476 e. The number of carboxylic acids is 1. The van der Waals surface area contributed by atoms with Crippen LogP contribution in [0.5, 0.6) is 0 Å². The van der Waals surface area contributed by atoms with Crippen LogP contribution >= 0.6 is 23.1 Å². The van der Waals surface area contributed by atoms with Gasteiger partial charge in [0.25, 0.3) is 0 Å². The Labute approximate surface area is 162 Å². The number of thioether (sulfide) groups is 1. The van der Waals surface area contributed by atoms with Crippen molar-refractivity contribution in [3.8, 4) is 17.1 Å². The quantitative estimate of drug-likeness (QED) is 0.497. The van der Waals surface area contributed by atoms with Gasteiger partial charge in [0.1, 0.15) is 5.01 Å². The van der Waals surface area contributed by atoms with E-state index in [1.807, 2.05) is 47.0 Å². The first-order chi connectivity index (χ1) is 13.2. The fourth-order valence-corrected chi connectivity index (χ4v) is 4.19. The van der Waals surface area contributed by atoms with Gasteiger partial charge in [-0.15, -0.1) is 21.5 Å². The SMILES string of the molecule is O=C(O)c1csc(CSc2nnc(-c3cccnc3)n2-c2ccccc2)n1. The summed E-state index contributed by atoms with van der Waals surface area (Å²) in [5, 5.41) is 20.7. The zero-order valence-electron chi connectivity index (χ0n) is 13.9. The molecule has 0 bridgehead atoms. The summed E-state index contributed by atoms with van der Waals surface area (Å²) in [6, 6.07) is 13.6. The molecule has 3 aromatic heterocycles. The summed E-state index contributed by atoms with van der Waals surface area (Å²) in [5.41, 5.74) is 1.87. The molecule has 0 amide bonds.